The van der Waals surface area contributed by atoms with Gasteiger partial charge in [0, 0.05) is 18.4 Å². The first-order valence-electron chi connectivity index (χ1n) is 6.58. The van der Waals surface area contributed by atoms with Gasteiger partial charge < -0.3 is 4.74 Å². The Balaban J connectivity index is 2.06. The van der Waals surface area contributed by atoms with Crippen LogP contribution in [0.4, 0.5) is 0 Å². The quantitative estimate of drug-likeness (QED) is 0.827. The summed E-state index contributed by atoms with van der Waals surface area (Å²) in [7, 11) is 1.69. The average Bonchev–Trinajstić information content (AvgIpc) is 2.82. The van der Waals surface area contributed by atoms with Crippen molar-refractivity contribution in [3.8, 4) is 0 Å². The van der Waals surface area contributed by atoms with E-state index >= 15 is 0 Å². The molecule has 2 nitrogen and oxygen atoms in total. The zero-order valence-electron chi connectivity index (χ0n) is 11.5. The number of hydrogen-bond donors (Lipinski definition) is 0. The fraction of sp³-hybridized carbons (Fsp3) is 0.667. The van der Waals surface area contributed by atoms with Crippen LogP contribution in [0, 0.1) is 5.41 Å². The van der Waals surface area contributed by atoms with Crippen LogP contribution < -0.4 is 0 Å². The number of carbonyl (C=O) groups excluding carboxylic acids is 1. The number of hydrogen-bond acceptors (Lipinski definition) is 3. The molecule has 0 aromatic carbocycles. The average molecular weight is 266 g/mol. The Bertz CT molecular complexity index is 396. The molecule has 0 aliphatic heterocycles. The van der Waals surface area contributed by atoms with Gasteiger partial charge in [0.2, 0.25) is 0 Å². The lowest BCUT2D eigenvalue weighted by Crippen LogP contribution is -2.46. The van der Waals surface area contributed by atoms with Gasteiger partial charge >= 0.3 is 0 Å². The summed E-state index contributed by atoms with van der Waals surface area (Å²) >= 11 is 1.65. The molecular weight excluding hydrogens is 244 g/mol. The van der Waals surface area contributed by atoms with Crippen LogP contribution in [0.15, 0.2) is 17.5 Å². The van der Waals surface area contributed by atoms with Crippen LogP contribution in [-0.4, -0.2) is 18.5 Å². The Hall–Kier alpha value is -0.670. The number of carbonyl (C=O) groups is 1. The molecule has 0 atom stereocenters. The van der Waals surface area contributed by atoms with E-state index in [2.05, 4.69) is 13.8 Å². The van der Waals surface area contributed by atoms with Crippen molar-refractivity contribution < 1.29 is 9.53 Å². The molecule has 3 heteroatoms. The standard InChI is InChI=1S/C15H22O2S/c1-14(2)6-8-15(17-3,9-7-14)13(16)11-12-5-4-10-18-12/h4-5,10H,6-9,11H2,1-3H3. The number of rotatable bonds is 4. The summed E-state index contributed by atoms with van der Waals surface area (Å²) in [5.41, 5.74) is -0.176. The molecule has 0 spiro atoms. The smallest absolute Gasteiger partial charge is 0.169 e. The van der Waals surface area contributed by atoms with E-state index in [1.54, 1.807) is 18.4 Å². The molecule has 0 saturated heterocycles. The third kappa shape index (κ3) is 2.83. The van der Waals surface area contributed by atoms with Gasteiger partial charge in [0.1, 0.15) is 5.60 Å². The van der Waals surface area contributed by atoms with Crippen LogP contribution in [0.25, 0.3) is 0 Å². The highest BCUT2D eigenvalue weighted by atomic mass is 32.1. The van der Waals surface area contributed by atoms with Gasteiger partial charge in [-0.2, -0.15) is 0 Å². The summed E-state index contributed by atoms with van der Waals surface area (Å²) in [4.78, 5) is 13.7. The summed E-state index contributed by atoms with van der Waals surface area (Å²) in [6, 6.07) is 4.02. The molecule has 2 rings (SSSR count). The number of methoxy groups -OCH3 is 1. The third-order valence-corrected chi connectivity index (χ3v) is 5.10. The summed E-state index contributed by atoms with van der Waals surface area (Å²) in [5.74, 6) is 0.253. The maximum atomic E-state index is 12.5. The first-order chi connectivity index (χ1) is 8.47. The van der Waals surface area contributed by atoms with Gasteiger partial charge in [-0.1, -0.05) is 19.9 Å². The Morgan fingerprint density at radius 2 is 2.00 bits per heavy atom. The van der Waals surface area contributed by atoms with E-state index < -0.39 is 5.60 Å². The minimum atomic E-state index is -0.528. The lowest BCUT2D eigenvalue weighted by Gasteiger charge is -2.41. The van der Waals surface area contributed by atoms with E-state index in [4.69, 9.17) is 4.74 Å². The fourth-order valence-corrected chi connectivity index (χ4v) is 3.36. The Labute approximate surface area is 113 Å². The molecule has 1 saturated carbocycles. The van der Waals surface area contributed by atoms with Gasteiger partial charge in [-0.15, -0.1) is 11.3 Å². The first kappa shape index (κ1) is 13.8. The Kier molecular flexibility index (Phi) is 3.93. The van der Waals surface area contributed by atoms with Crippen LogP contribution in [0.2, 0.25) is 0 Å². The lowest BCUT2D eigenvalue weighted by atomic mass is 9.69. The van der Waals surface area contributed by atoms with Gasteiger partial charge in [-0.05, 0) is 42.5 Å². The van der Waals surface area contributed by atoms with E-state index in [0.29, 0.717) is 11.8 Å². The highest BCUT2D eigenvalue weighted by molar-refractivity contribution is 7.10. The summed E-state index contributed by atoms with van der Waals surface area (Å²) in [5, 5.41) is 2.02. The topological polar surface area (TPSA) is 26.3 Å². The van der Waals surface area contributed by atoms with Crippen molar-refractivity contribution in [3.05, 3.63) is 22.4 Å². The molecule has 0 unspecified atom stereocenters. The zero-order valence-corrected chi connectivity index (χ0v) is 12.3. The van der Waals surface area contributed by atoms with E-state index in [0.717, 1.165) is 30.6 Å². The van der Waals surface area contributed by atoms with Gasteiger partial charge in [0.25, 0.3) is 0 Å². The van der Waals surface area contributed by atoms with Crippen molar-refractivity contribution in [3.63, 3.8) is 0 Å². The molecule has 0 N–H and O–H groups in total. The van der Waals surface area contributed by atoms with Crippen molar-refractivity contribution in [1.82, 2.24) is 0 Å². The van der Waals surface area contributed by atoms with Crippen LogP contribution in [-0.2, 0) is 16.0 Å². The van der Waals surface area contributed by atoms with E-state index in [9.17, 15) is 4.79 Å². The number of Topliss-reactive ketones (excluding diaryl/α,β-unsaturated/α-hetero) is 1. The number of ether oxygens (including phenoxy) is 1. The molecule has 1 aliphatic rings. The maximum absolute atomic E-state index is 12.5. The molecule has 1 aliphatic carbocycles. The SMILES string of the molecule is COC1(C(=O)Cc2cccs2)CCC(C)(C)CC1. The summed E-state index contributed by atoms with van der Waals surface area (Å²) in [6.07, 6.45) is 4.38. The third-order valence-electron chi connectivity index (χ3n) is 4.23. The van der Waals surface area contributed by atoms with Crippen molar-refractivity contribution in [2.45, 2.75) is 51.6 Å². The predicted octanol–water partition coefficient (Wildman–Crippen LogP) is 3.85. The molecule has 18 heavy (non-hydrogen) atoms. The van der Waals surface area contributed by atoms with Gasteiger partial charge in [0.05, 0.1) is 0 Å². The molecule has 0 bridgehead atoms. The molecule has 0 radical (unpaired) electrons. The second-order valence-corrected chi connectivity index (χ2v) is 7.07. The van der Waals surface area contributed by atoms with Crippen LogP contribution in [0.3, 0.4) is 0 Å². The van der Waals surface area contributed by atoms with Crippen LogP contribution >= 0.6 is 11.3 Å². The Morgan fingerprint density at radius 1 is 1.33 bits per heavy atom. The van der Waals surface area contributed by atoms with Crippen molar-refractivity contribution in [2.24, 2.45) is 5.41 Å². The van der Waals surface area contributed by atoms with Crippen molar-refractivity contribution in [1.29, 1.82) is 0 Å². The van der Waals surface area contributed by atoms with Crippen LogP contribution in [0.5, 0.6) is 0 Å². The largest absolute Gasteiger partial charge is 0.370 e. The first-order valence-corrected chi connectivity index (χ1v) is 7.46. The monoisotopic (exact) mass is 266 g/mol. The van der Waals surface area contributed by atoms with Gasteiger partial charge in [-0.25, -0.2) is 0 Å². The van der Waals surface area contributed by atoms with Gasteiger partial charge in [-0.3, -0.25) is 4.79 Å². The zero-order chi connectivity index (χ0) is 13.2. The molecule has 1 aromatic heterocycles. The fourth-order valence-electron chi connectivity index (χ4n) is 2.66. The van der Waals surface area contributed by atoms with Crippen LogP contribution in [0.1, 0.15) is 44.4 Å². The minimum absolute atomic E-state index is 0.253. The number of ketones is 1. The molecule has 100 valence electrons. The summed E-state index contributed by atoms with van der Waals surface area (Å²) in [6.45, 7) is 4.55. The highest BCUT2D eigenvalue weighted by Crippen LogP contribution is 2.42. The molecule has 1 fully saturated rings. The second kappa shape index (κ2) is 5.14. The minimum Gasteiger partial charge on any atom is -0.370 e. The molecule has 1 heterocycles. The molecule has 0 amide bonds. The Morgan fingerprint density at radius 3 is 2.50 bits per heavy atom. The number of thiophene rings is 1. The normalized spacial score (nSPS) is 21.7. The van der Waals surface area contributed by atoms with Crippen molar-refractivity contribution in [2.75, 3.05) is 7.11 Å². The lowest BCUT2D eigenvalue weighted by molar-refractivity contribution is -0.147. The van der Waals surface area contributed by atoms with E-state index in [1.165, 1.54) is 0 Å². The molecular formula is C15H22O2S. The predicted molar refractivity (Wildman–Crippen MR) is 75.0 cm³/mol. The second-order valence-electron chi connectivity index (χ2n) is 6.04. The summed E-state index contributed by atoms with van der Waals surface area (Å²) < 4.78 is 5.64. The maximum Gasteiger partial charge on any atom is 0.169 e. The van der Waals surface area contributed by atoms with E-state index in [-0.39, 0.29) is 5.78 Å². The van der Waals surface area contributed by atoms with Gasteiger partial charge in [0.15, 0.2) is 5.78 Å². The molecule has 1 aromatic rings. The van der Waals surface area contributed by atoms with Crippen molar-refractivity contribution >= 4 is 17.1 Å². The highest BCUT2D eigenvalue weighted by Gasteiger charge is 2.43. The van der Waals surface area contributed by atoms with E-state index in [1.807, 2.05) is 17.5 Å².